The molecule has 0 aliphatic carbocycles. The van der Waals surface area contributed by atoms with Gasteiger partial charge in [0.2, 0.25) is 0 Å². The maximum Gasteiger partial charge on any atom is 0.349 e. The van der Waals surface area contributed by atoms with Crippen molar-refractivity contribution in [1.29, 1.82) is 5.26 Å². The van der Waals surface area contributed by atoms with Crippen molar-refractivity contribution in [2.75, 3.05) is 13.2 Å². The van der Waals surface area contributed by atoms with Crippen molar-refractivity contribution in [3.63, 3.8) is 0 Å². The van der Waals surface area contributed by atoms with Gasteiger partial charge in [-0.25, -0.2) is 4.79 Å². The Morgan fingerprint density at radius 1 is 1.17 bits per heavy atom. The number of ether oxygens (including phenoxy) is 3. The van der Waals surface area contributed by atoms with Gasteiger partial charge in [0, 0.05) is 10.5 Å². The maximum atomic E-state index is 11.9. The van der Waals surface area contributed by atoms with E-state index in [1.54, 1.807) is 31.2 Å². The van der Waals surface area contributed by atoms with Gasteiger partial charge >= 0.3 is 5.97 Å². The number of nitriles is 1. The van der Waals surface area contributed by atoms with Crippen LogP contribution < -0.4 is 14.2 Å². The van der Waals surface area contributed by atoms with Crippen LogP contribution in [0.5, 0.6) is 17.2 Å². The minimum atomic E-state index is -0.560. The lowest BCUT2D eigenvalue weighted by molar-refractivity contribution is -0.136. The molecule has 2 aromatic carbocycles. The smallest absolute Gasteiger partial charge is 0.349 e. The van der Waals surface area contributed by atoms with E-state index in [-0.39, 0.29) is 12.4 Å². The summed E-state index contributed by atoms with van der Waals surface area (Å²) >= 11 is 3.32. The highest BCUT2D eigenvalue weighted by molar-refractivity contribution is 9.10. The molecule has 0 unspecified atom stereocenters. The zero-order chi connectivity index (χ0) is 16.7. The van der Waals surface area contributed by atoms with E-state index < -0.39 is 5.97 Å². The molecular formula is C17H14BrNO4. The molecule has 0 aliphatic rings. The van der Waals surface area contributed by atoms with Gasteiger partial charge in [-0.15, -0.1) is 0 Å². The highest BCUT2D eigenvalue weighted by Gasteiger charge is 2.12. The molecule has 0 N–H and O–H groups in total. The molecule has 0 aromatic heterocycles. The van der Waals surface area contributed by atoms with Crippen molar-refractivity contribution in [2.24, 2.45) is 0 Å². The number of benzene rings is 2. The predicted octanol–water partition coefficient (Wildman–Crippen LogP) is 3.70. The third kappa shape index (κ3) is 5.01. The molecule has 0 spiro atoms. The average molecular weight is 376 g/mol. The van der Waals surface area contributed by atoms with Crippen LogP contribution in [0.4, 0.5) is 0 Å². The quantitative estimate of drug-likeness (QED) is 0.568. The summed E-state index contributed by atoms with van der Waals surface area (Å²) in [6.45, 7) is 1.97. The second kappa shape index (κ2) is 8.20. The first kappa shape index (κ1) is 16.8. The van der Waals surface area contributed by atoms with Crippen LogP contribution in [-0.2, 0) is 4.79 Å². The van der Waals surface area contributed by atoms with Crippen LogP contribution in [0.3, 0.4) is 0 Å². The van der Waals surface area contributed by atoms with Crippen LogP contribution in [0.1, 0.15) is 12.5 Å². The van der Waals surface area contributed by atoms with E-state index in [9.17, 15) is 4.79 Å². The molecule has 0 radical (unpaired) electrons. The summed E-state index contributed by atoms with van der Waals surface area (Å²) < 4.78 is 16.8. The summed E-state index contributed by atoms with van der Waals surface area (Å²) in [5.74, 6) is 0.605. The van der Waals surface area contributed by atoms with Gasteiger partial charge in [0.05, 0.1) is 18.2 Å². The highest BCUT2D eigenvalue weighted by atomic mass is 79.9. The minimum Gasteiger partial charge on any atom is -0.490 e. The van der Waals surface area contributed by atoms with E-state index in [4.69, 9.17) is 19.5 Å². The van der Waals surface area contributed by atoms with Gasteiger partial charge in [-0.3, -0.25) is 0 Å². The number of halogens is 1. The number of esters is 1. The third-order valence-electron chi connectivity index (χ3n) is 2.75. The first-order valence-electron chi connectivity index (χ1n) is 6.88. The zero-order valence-electron chi connectivity index (χ0n) is 12.4. The van der Waals surface area contributed by atoms with Crippen molar-refractivity contribution in [1.82, 2.24) is 0 Å². The van der Waals surface area contributed by atoms with Crippen molar-refractivity contribution in [3.05, 3.63) is 52.5 Å². The van der Waals surface area contributed by atoms with Gasteiger partial charge in [-0.05, 0) is 37.3 Å². The summed E-state index contributed by atoms with van der Waals surface area (Å²) in [6, 6.07) is 13.8. The van der Waals surface area contributed by atoms with Crippen LogP contribution in [0.2, 0.25) is 0 Å². The van der Waals surface area contributed by atoms with Crippen molar-refractivity contribution in [3.8, 4) is 23.3 Å². The Hall–Kier alpha value is -2.52. The molecule has 0 atom stereocenters. The van der Waals surface area contributed by atoms with E-state index in [0.29, 0.717) is 23.7 Å². The monoisotopic (exact) mass is 375 g/mol. The number of rotatable bonds is 6. The minimum absolute atomic E-state index is 0.234. The molecule has 0 aliphatic heterocycles. The van der Waals surface area contributed by atoms with Crippen molar-refractivity contribution < 1.29 is 19.0 Å². The van der Waals surface area contributed by atoms with Crippen LogP contribution in [0, 0.1) is 11.3 Å². The molecule has 0 amide bonds. The Labute approximate surface area is 142 Å². The lowest BCUT2D eigenvalue weighted by atomic mass is 10.2. The molecular weight excluding hydrogens is 362 g/mol. The summed E-state index contributed by atoms with van der Waals surface area (Å²) in [5, 5.41) is 8.90. The van der Waals surface area contributed by atoms with Crippen molar-refractivity contribution >= 4 is 21.9 Å². The number of carbonyl (C=O) groups excluding carboxylic acids is 1. The number of carbonyl (C=O) groups is 1. The zero-order valence-corrected chi connectivity index (χ0v) is 14.0. The second-order valence-corrected chi connectivity index (χ2v) is 5.34. The van der Waals surface area contributed by atoms with Crippen molar-refractivity contribution in [2.45, 2.75) is 6.92 Å². The van der Waals surface area contributed by atoms with E-state index >= 15 is 0 Å². The summed E-state index contributed by atoms with van der Waals surface area (Å²) in [4.78, 5) is 11.9. The fraction of sp³-hybridized carbons (Fsp3) is 0.176. The van der Waals surface area contributed by atoms with E-state index in [0.717, 1.165) is 4.47 Å². The second-order valence-electron chi connectivity index (χ2n) is 4.43. The Morgan fingerprint density at radius 2 is 2.00 bits per heavy atom. The van der Waals surface area contributed by atoms with E-state index in [1.807, 2.05) is 12.1 Å². The Bertz CT molecular complexity index is 740. The standard InChI is InChI=1S/C17H14BrNO4/c1-2-21-16-8-12(10-19)6-7-15(16)23-17(20)11-22-14-5-3-4-13(18)9-14/h3-9H,2,11H2,1H3. The first-order valence-corrected chi connectivity index (χ1v) is 7.67. The average Bonchev–Trinajstić information content (AvgIpc) is 2.55. The lowest BCUT2D eigenvalue weighted by Crippen LogP contribution is -2.18. The fourth-order valence-corrected chi connectivity index (χ4v) is 2.16. The van der Waals surface area contributed by atoms with Crippen LogP contribution in [0.15, 0.2) is 46.9 Å². The highest BCUT2D eigenvalue weighted by Crippen LogP contribution is 2.28. The van der Waals surface area contributed by atoms with E-state index in [2.05, 4.69) is 15.9 Å². The van der Waals surface area contributed by atoms with Gasteiger partial charge in [0.25, 0.3) is 0 Å². The SMILES string of the molecule is CCOc1cc(C#N)ccc1OC(=O)COc1cccc(Br)c1. The molecule has 118 valence electrons. The topological polar surface area (TPSA) is 68.5 Å². The Kier molecular flexibility index (Phi) is 6.01. The van der Waals surface area contributed by atoms with Crippen LogP contribution in [-0.4, -0.2) is 19.2 Å². The predicted molar refractivity (Wildman–Crippen MR) is 87.6 cm³/mol. The molecule has 2 rings (SSSR count). The summed E-state index contributed by atoms with van der Waals surface area (Å²) in [7, 11) is 0. The normalized spacial score (nSPS) is 9.78. The molecule has 0 bridgehead atoms. The van der Waals surface area contributed by atoms with Gasteiger partial charge in [-0.2, -0.15) is 5.26 Å². The molecule has 0 saturated carbocycles. The maximum absolute atomic E-state index is 11.9. The van der Waals surface area contributed by atoms with E-state index in [1.165, 1.54) is 12.1 Å². The van der Waals surface area contributed by atoms with Gasteiger partial charge in [0.15, 0.2) is 18.1 Å². The largest absolute Gasteiger partial charge is 0.490 e. The van der Waals surface area contributed by atoms with Gasteiger partial charge in [0.1, 0.15) is 5.75 Å². The molecule has 0 fully saturated rings. The third-order valence-corrected chi connectivity index (χ3v) is 3.24. The number of nitrogens with zero attached hydrogens (tertiary/aromatic N) is 1. The fourth-order valence-electron chi connectivity index (χ4n) is 1.78. The Balaban J connectivity index is 2.01. The Morgan fingerprint density at radius 3 is 2.70 bits per heavy atom. The van der Waals surface area contributed by atoms with Gasteiger partial charge in [-0.1, -0.05) is 22.0 Å². The number of hydrogen-bond acceptors (Lipinski definition) is 5. The molecule has 6 heteroatoms. The van der Waals surface area contributed by atoms with Gasteiger partial charge < -0.3 is 14.2 Å². The summed E-state index contributed by atoms with van der Waals surface area (Å²) in [5.41, 5.74) is 0.429. The first-order chi connectivity index (χ1) is 11.1. The lowest BCUT2D eigenvalue weighted by Gasteiger charge is -2.11. The molecule has 2 aromatic rings. The van der Waals surface area contributed by atoms with Crippen LogP contribution in [0.25, 0.3) is 0 Å². The molecule has 0 saturated heterocycles. The molecule has 0 heterocycles. The molecule has 23 heavy (non-hydrogen) atoms. The number of hydrogen-bond donors (Lipinski definition) is 0. The summed E-state index contributed by atoms with van der Waals surface area (Å²) in [6.07, 6.45) is 0. The molecule has 5 nitrogen and oxygen atoms in total. The van der Waals surface area contributed by atoms with Crippen LogP contribution >= 0.6 is 15.9 Å².